The molecule has 7 nitrogen and oxygen atoms in total. The fourth-order valence-electron chi connectivity index (χ4n) is 1.61. The van der Waals surface area contributed by atoms with Gasteiger partial charge in [0.15, 0.2) is 5.88 Å². The van der Waals surface area contributed by atoms with Crippen molar-refractivity contribution in [3.8, 4) is 0 Å². The zero-order valence-corrected chi connectivity index (χ0v) is 13.4. The first-order chi connectivity index (χ1) is 9.29. The molecule has 0 aromatic heterocycles. The van der Waals surface area contributed by atoms with E-state index in [4.69, 9.17) is 10.3 Å². The van der Waals surface area contributed by atoms with Gasteiger partial charge < -0.3 is 5.73 Å². The number of carbonyl (C=O) groups excluding carboxylic acids is 2. The van der Waals surface area contributed by atoms with E-state index in [0.29, 0.717) is 5.69 Å². The summed E-state index contributed by atoms with van der Waals surface area (Å²) >= 11 is 0. The van der Waals surface area contributed by atoms with Gasteiger partial charge in [-0.1, -0.05) is 18.2 Å². The van der Waals surface area contributed by atoms with Gasteiger partial charge in [-0.25, -0.2) is 0 Å². The first-order valence-corrected chi connectivity index (χ1v) is 7.49. The van der Waals surface area contributed by atoms with E-state index in [1.165, 1.54) is 0 Å². The second-order valence-electron chi connectivity index (χ2n) is 4.19. The molecule has 0 heterocycles. The van der Waals surface area contributed by atoms with Crippen LogP contribution in [0, 0.1) is 0 Å². The number of rotatable bonds is 7. The van der Waals surface area contributed by atoms with Crippen LogP contribution >= 0.6 is 0 Å². The molecule has 0 aliphatic carbocycles. The number of benzene rings is 1. The summed E-state index contributed by atoms with van der Waals surface area (Å²) in [6, 6.07) is 8.10. The SMILES string of the molecule is NC(=O)CCCC(=O)N(CS(=O)(=O)O)c1ccccc1.[Pd]. The Morgan fingerprint density at radius 3 is 2.19 bits per heavy atom. The van der Waals surface area contributed by atoms with Gasteiger partial charge in [0.25, 0.3) is 10.1 Å². The number of nitrogens with zero attached hydrogens (tertiary/aromatic N) is 1. The molecule has 0 bridgehead atoms. The molecule has 1 aromatic rings. The van der Waals surface area contributed by atoms with Crippen LogP contribution in [0.15, 0.2) is 30.3 Å². The molecule has 2 amide bonds. The largest absolute Gasteiger partial charge is 0.370 e. The van der Waals surface area contributed by atoms with Crippen molar-refractivity contribution in [2.24, 2.45) is 5.73 Å². The van der Waals surface area contributed by atoms with Gasteiger partial charge in [-0.15, -0.1) is 0 Å². The van der Waals surface area contributed by atoms with Crippen LogP contribution in [0.4, 0.5) is 5.69 Å². The van der Waals surface area contributed by atoms with Gasteiger partial charge in [-0.05, 0) is 18.6 Å². The summed E-state index contributed by atoms with van der Waals surface area (Å²) in [7, 11) is -4.34. The molecule has 0 spiro atoms. The van der Waals surface area contributed by atoms with Crippen molar-refractivity contribution < 1.29 is 43.0 Å². The first kappa shape index (κ1) is 19.7. The molecule has 120 valence electrons. The van der Waals surface area contributed by atoms with Crippen molar-refractivity contribution in [1.29, 1.82) is 0 Å². The van der Waals surface area contributed by atoms with E-state index in [0.717, 1.165) is 4.90 Å². The van der Waals surface area contributed by atoms with E-state index in [2.05, 4.69) is 0 Å². The van der Waals surface area contributed by atoms with Gasteiger partial charge in [-0.3, -0.25) is 19.0 Å². The van der Waals surface area contributed by atoms with Crippen LogP contribution in [0.1, 0.15) is 19.3 Å². The van der Waals surface area contributed by atoms with E-state index < -0.39 is 27.8 Å². The molecule has 3 N–H and O–H groups in total. The molecule has 9 heteroatoms. The molecular weight excluding hydrogens is 391 g/mol. The average molecular weight is 407 g/mol. The second-order valence-corrected chi connectivity index (χ2v) is 5.61. The summed E-state index contributed by atoms with van der Waals surface area (Å²) in [5, 5.41) is 0. The Hall–Kier alpha value is -1.27. The quantitative estimate of drug-likeness (QED) is 0.505. The van der Waals surface area contributed by atoms with Crippen molar-refractivity contribution in [1.82, 2.24) is 0 Å². The monoisotopic (exact) mass is 406 g/mol. The molecule has 0 saturated heterocycles. The summed E-state index contributed by atoms with van der Waals surface area (Å²) in [6.07, 6.45) is 0.233. The molecular formula is C12H16N2O5PdS. The normalized spacial score (nSPS) is 10.5. The van der Waals surface area contributed by atoms with E-state index in [-0.39, 0.29) is 39.7 Å². The van der Waals surface area contributed by atoms with Crippen LogP contribution in [0.5, 0.6) is 0 Å². The standard InChI is InChI=1S/C12H16N2O5S.Pd/c13-11(15)7-4-8-12(16)14(9-20(17,18)19)10-5-2-1-3-6-10;/h1-3,5-6H,4,7-9H2,(H2,13,15)(H,17,18,19);. The smallest absolute Gasteiger partial charge is 0.283 e. The molecule has 21 heavy (non-hydrogen) atoms. The van der Waals surface area contributed by atoms with Crippen LogP contribution < -0.4 is 10.6 Å². The maximum atomic E-state index is 12.0. The number of hydrogen-bond acceptors (Lipinski definition) is 4. The Bertz CT molecular complexity index is 577. The third-order valence-corrected chi connectivity index (χ3v) is 3.06. The van der Waals surface area contributed by atoms with Crippen LogP contribution in [0.2, 0.25) is 0 Å². The minimum atomic E-state index is -4.34. The topological polar surface area (TPSA) is 118 Å². The van der Waals surface area contributed by atoms with Crippen molar-refractivity contribution >= 4 is 27.6 Å². The Balaban J connectivity index is 0.00000400. The fourth-order valence-corrected chi connectivity index (χ4v) is 2.23. The van der Waals surface area contributed by atoms with Gasteiger partial charge in [0.2, 0.25) is 11.8 Å². The predicted octanol–water partition coefficient (Wildman–Crippen LogP) is 0.518. The van der Waals surface area contributed by atoms with Gasteiger partial charge >= 0.3 is 0 Å². The summed E-state index contributed by atoms with van der Waals surface area (Å²) in [4.78, 5) is 23.6. The van der Waals surface area contributed by atoms with Gasteiger partial charge in [0, 0.05) is 39.0 Å². The first-order valence-electron chi connectivity index (χ1n) is 5.88. The van der Waals surface area contributed by atoms with Crippen LogP contribution in [-0.2, 0) is 40.1 Å². The Labute approximate surface area is 136 Å². The summed E-state index contributed by atoms with van der Waals surface area (Å²) in [6.45, 7) is 0. The Morgan fingerprint density at radius 1 is 1.14 bits per heavy atom. The number of primary amides is 1. The molecule has 0 saturated carbocycles. The number of para-hydroxylation sites is 1. The zero-order valence-electron chi connectivity index (χ0n) is 11.0. The third kappa shape index (κ3) is 7.92. The number of hydrogen-bond donors (Lipinski definition) is 2. The van der Waals surface area contributed by atoms with Gasteiger partial charge in [0.05, 0.1) is 0 Å². The molecule has 0 radical (unpaired) electrons. The van der Waals surface area contributed by atoms with Crippen molar-refractivity contribution in [3.63, 3.8) is 0 Å². The van der Waals surface area contributed by atoms with Crippen LogP contribution in [0.25, 0.3) is 0 Å². The van der Waals surface area contributed by atoms with Gasteiger partial charge in [-0.2, -0.15) is 8.42 Å². The number of amides is 2. The Kier molecular flexibility index (Phi) is 8.36. The van der Waals surface area contributed by atoms with Crippen molar-refractivity contribution in [3.05, 3.63) is 30.3 Å². The summed E-state index contributed by atoms with van der Waals surface area (Å²) < 4.78 is 30.9. The van der Waals surface area contributed by atoms with E-state index >= 15 is 0 Å². The minimum Gasteiger partial charge on any atom is -0.370 e. The predicted molar refractivity (Wildman–Crippen MR) is 73.4 cm³/mol. The van der Waals surface area contributed by atoms with E-state index in [1.807, 2.05) is 0 Å². The van der Waals surface area contributed by atoms with E-state index in [1.54, 1.807) is 30.3 Å². The van der Waals surface area contributed by atoms with E-state index in [9.17, 15) is 18.0 Å². The van der Waals surface area contributed by atoms with Crippen LogP contribution in [0.3, 0.4) is 0 Å². The fraction of sp³-hybridized carbons (Fsp3) is 0.333. The zero-order chi connectivity index (χ0) is 15.2. The van der Waals surface area contributed by atoms with Crippen LogP contribution in [-0.4, -0.2) is 30.7 Å². The molecule has 1 rings (SSSR count). The molecule has 0 aliphatic rings. The van der Waals surface area contributed by atoms with Crippen molar-refractivity contribution in [2.75, 3.05) is 10.8 Å². The summed E-state index contributed by atoms with van der Waals surface area (Å²) in [5.74, 6) is -1.86. The molecule has 0 fully saturated rings. The maximum Gasteiger partial charge on any atom is 0.283 e. The molecule has 1 aromatic carbocycles. The van der Waals surface area contributed by atoms with Gasteiger partial charge in [0.1, 0.15) is 0 Å². The average Bonchev–Trinajstić information content (AvgIpc) is 2.35. The minimum absolute atomic E-state index is 0. The number of nitrogens with two attached hydrogens (primary N) is 1. The molecule has 0 unspecified atom stereocenters. The number of carbonyl (C=O) groups is 2. The molecule has 0 atom stereocenters. The molecule has 0 aliphatic heterocycles. The summed E-state index contributed by atoms with van der Waals surface area (Å²) in [5.41, 5.74) is 5.32. The Morgan fingerprint density at radius 2 is 1.71 bits per heavy atom. The third-order valence-electron chi connectivity index (χ3n) is 2.47. The van der Waals surface area contributed by atoms with Crippen molar-refractivity contribution in [2.45, 2.75) is 19.3 Å². The maximum absolute atomic E-state index is 12.0. The second kappa shape index (κ2) is 8.90. The number of anilines is 1.